The zero-order valence-corrected chi connectivity index (χ0v) is 21.6. The van der Waals surface area contributed by atoms with E-state index < -0.39 is 6.04 Å². The Kier molecular flexibility index (Phi) is 6.12. The molecular formula is C29H28FN3O3S. The zero-order chi connectivity index (χ0) is 25.5. The van der Waals surface area contributed by atoms with Gasteiger partial charge in [-0.2, -0.15) is 0 Å². The lowest BCUT2D eigenvalue weighted by atomic mass is 9.95. The second-order valence-corrected chi connectivity index (χ2v) is 10.5. The maximum Gasteiger partial charge on any atom is 0.323 e. The largest absolute Gasteiger partial charge is 0.497 e. The van der Waals surface area contributed by atoms with E-state index in [0.29, 0.717) is 23.7 Å². The van der Waals surface area contributed by atoms with Gasteiger partial charge in [0.1, 0.15) is 22.3 Å². The number of rotatable bonds is 4. The number of nitrogens with one attached hydrogen (secondary N) is 1. The highest BCUT2D eigenvalue weighted by Gasteiger charge is 2.36. The average molecular weight is 518 g/mol. The Hall–Kier alpha value is -3.78. The number of aryl methyl sites for hydroxylation is 1. The number of aromatic nitrogens is 1. The highest BCUT2D eigenvalue weighted by atomic mass is 32.1. The van der Waals surface area contributed by atoms with Gasteiger partial charge in [-0.25, -0.2) is 9.18 Å². The first kappa shape index (κ1) is 23.6. The molecule has 1 N–H and O–H groups in total. The van der Waals surface area contributed by atoms with Crippen molar-refractivity contribution in [3.63, 3.8) is 0 Å². The van der Waals surface area contributed by atoms with Gasteiger partial charge in [-0.1, -0.05) is 12.1 Å². The van der Waals surface area contributed by atoms with Crippen LogP contribution in [-0.4, -0.2) is 29.7 Å². The van der Waals surface area contributed by atoms with Crippen LogP contribution in [0.4, 0.5) is 14.9 Å². The quantitative estimate of drug-likeness (QED) is 0.327. The van der Waals surface area contributed by atoms with Gasteiger partial charge in [-0.15, -0.1) is 11.3 Å². The molecule has 4 aromatic rings. The molecule has 2 amide bonds. The van der Waals surface area contributed by atoms with Gasteiger partial charge >= 0.3 is 6.03 Å². The Labute approximate surface area is 219 Å². The van der Waals surface area contributed by atoms with Gasteiger partial charge in [-0.3, -0.25) is 0 Å². The van der Waals surface area contributed by atoms with Crippen molar-refractivity contribution in [1.29, 1.82) is 0 Å². The first-order valence-corrected chi connectivity index (χ1v) is 13.2. The van der Waals surface area contributed by atoms with Crippen LogP contribution in [0.5, 0.6) is 11.5 Å². The molecule has 6 nitrogen and oxygen atoms in total. The molecule has 6 rings (SSSR count). The van der Waals surface area contributed by atoms with E-state index in [0.717, 1.165) is 30.5 Å². The smallest absolute Gasteiger partial charge is 0.323 e. The van der Waals surface area contributed by atoms with Gasteiger partial charge in [0.05, 0.1) is 38.2 Å². The van der Waals surface area contributed by atoms with Crippen molar-refractivity contribution in [1.82, 2.24) is 9.47 Å². The van der Waals surface area contributed by atoms with E-state index in [-0.39, 0.29) is 11.8 Å². The molecule has 0 saturated carbocycles. The highest BCUT2D eigenvalue weighted by molar-refractivity contribution is 7.15. The molecule has 0 saturated heterocycles. The van der Waals surface area contributed by atoms with Crippen molar-refractivity contribution >= 4 is 23.1 Å². The number of urea groups is 1. The number of hydrogen-bond donors (Lipinski definition) is 1. The minimum Gasteiger partial charge on any atom is -0.497 e. The lowest BCUT2D eigenvalue weighted by Gasteiger charge is -2.31. The number of amides is 2. The normalized spacial score (nSPS) is 16.3. The number of carbonyl (C=O) groups is 1. The maximum absolute atomic E-state index is 14.1. The number of ether oxygens (including phenoxy) is 2. The van der Waals surface area contributed by atoms with Crippen LogP contribution in [0.25, 0.3) is 5.00 Å². The molecule has 37 heavy (non-hydrogen) atoms. The van der Waals surface area contributed by atoms with Gasteiger partial charge in [-0.05, 0) is 73.2 Å². The van der Waals surface area contributed by atoms with E-state index in [4.69, 9.17) is 9.47 Å². The summed E-state index contributed by atoms with van der Waals surface area (Å²) in [5.74, 6) is 0.849. The van der Waals surface area contributed by atoms with Crippen LogP contribution in [0.1, 0.15) is 46.1 Å². The first-order valence-electron chi connectivity index (χ1n) is 12.4. The van der Waals surface area contributed by atoms with Crippen LogP contribution in [0, 0.1) is 5.82 Å². The highest BCUT2D eigenvalue weighted by Crippen LogP contribution is 2.44. The molecule has 1 atom stereocenters. The van der Waals surface area contributed by atoms with E-state index in [9.17, 15) is 9.18 Å². The third-order valence-corrected chi connectivity index (χ3v) is 8.61. The van der Waals surface area contributed by atoms with Crippen LogP contribution in [-0.2, 0) is 19.4 Å². The molecular weight excluding hydrogens is 489 g/mol. The lowest BCUT2D eigenvalue weighted by Crippen LogP contribution is -2.38. The number of benzene rings is 2. The summed E-state index contributed by atoms with van der Waals surface area (Å²) in [6.07, 6.45) is 6.53. The van der Waals surface area contributed by atoms with Gasteiger partial charge < -0.3 is 24.3 Å². The summed E-state index contributed by atoms with van der Waals surface area (Å²) in [6.45, 7) is 0.447. The van der Waals surface area contributed by atoms with Crippen molar-refractivity contribution < 1.29 is 18.7 Å². The zero-order valence-electron chi connectivity index (χ0n) is 20.8. The van der Waals surface area contributed by atoms with Crippen LogP contribution in [0.3, 0.4) is 0 Å². The Morgan fingerprint density at radius 3 is 2.62 bits per heavy atom. The number of fused-ring (bicyclic) bond motifs is 5. The van der Waals surface area contributed by atoms with Crippen molar-refractivity contribution in [2.75, 3.05) is 19.5 Å². The molecule has 0 radical (unpaired) electrons. The minimum atomic E-state index is -0.411. The molecule has 3 heterocycles. The topological polar surface area (TPSA) is 55.7 Å². The summed E-state index contributed by atoms with van der Waals surface area (Å²) < 4.78 is 27.0. The van der Waals surface area contributed by atoms with Gasteiger partial charge in [0.25, 0.3) is 0 Å². The number of halogens is 1. The Morgan fingerprint density at radius 1 is 1.03 bits per heavy atom. The predicted octanol–water partition coefficient (Wildman–Crippen LogP) is 6.71. The molecule has 0 unspecified atom stereocenters. The Morgan fingerprint density at radius 2 is 1.84 bits per heavy atom. The maximum atomic E-state index is 14.1. The summed E-state index contributed by atoms with van der Waals surface area (Å²) in [5.41, 5.74) is 4.92. The molecule has 0 bridgehead atoms. The van der Waals surface area contributed by atoms with Crippen LogP contribution < -0.4 is 14.8 Å². The lowest BCUT2D eigenvalue weighted by molar-refractivity contribution is 0.194. The summed E-state index contributed by atoms with van der Waals surface area (Å²) >= 11 is 1.83. The van der Waals surface area contributed by atoms with Crippen molar-refractivity contribution in [3.05, 3.63) is 93.9 Å². The monoisotopic (exact) mass is 517 g/mol. The Bertz CT molecular complexity index is 1460. The molecule has 0 spiro atoms. The van der Waals surface area contributed by atoms with Crippen LogP contribution in [0.2, 0.25) is 0 Å². The summed E-state index contributed by atoms with van der Waals surface area (Å²) in [6, 6.07) is 15.1. The minimum absolute atomic E-state index is 0.266. The SMILES string of the molecule is COc1ccc(OC)c(NC(=O)N2Cc3c(sc4c3CCCC4)-n3cccc3[C@@H]2c2ccc(F)cc2)c1. The molecule has 2 aliphatic rings. The standard InChI is InChI=1S/C29H28FN3O3S/c1-35-20-13-14-25(36-2)23(16-20)31-29(34)33-17-22-21-6-3-4-8-26(21)37-28(22)32-15-5-7-24(32)27(33)18-9-11-19(30)12-10-18/h5,7,9-16,27H,3-4,6,8,17H2,1-2H3,(H,31,34)/t27-/m0/s1. The number of hydrogen-bond acceptors (Lipinski definition) is 4. The number of carbonyl (C=O) groups excluding carboxylic acids is 1. The number of thiophene rings is 1. The fourth-order valence-electron chi connectivity index (χ4n) is 5.48. The molecule has 1 aliphatic heterocycles. The third kappa shape index (κ3) is 4.15. The average Bonchev–Trinajstić information content (AvgIpc) is 3.51. The summed E-state index contributed by atoms with van der Waals surface area (Å²) in [4.78, 5) is 17.4. The molecule has 2 aromatic heterocycles. The predicted molar refractivity (Wildman–Crippen MR) is 143 cm³/mol. The van der Waals surface area contributed by atoms with Crippen LogP contribution >= 0.6 is 11.3 Å². The first-order chi connectivity index (χ1) is 18.1. The second kappa shape index (κ2) is 9.59. The van der Waals surface area contributed by atoms with E-state index in [1.54, 1.807) is 44.6 Å². The Balaban J connectivity index is 1.48. The van der Waals surface area contributed by atoms with Gasteiger partial charge in [0.15, 0.2) is 0 Å². The fourth-order valence-corrected chi connectivity index (χ4v) is 6.89. The number of anilines is 1. The fraction of sp³-hybridized carbons (Fsp3) is 0.276. The second-order valence-electron chi connectivity index (χ2n) is 9.38. The number of nitrogens with zero attached hydrogens (tertiary/aromatic N) is 2. The molecule has 0 fully saturated rings. The summed E-state index contributed by atoms with van der Waals surface area (Å²) in [5, 5.41) is 4.25. The van der Waals surface area contributed by atoms with Crippen molar-refractivity contribution in [3.8, 4) is 16.5 Å². The van der Waals surface area contributed by atoms with Crippen molar-refractivity contribution in [2.45, 2.75) is 38.3 Å². The van der Waals surface area contributed by atoms with Crippen LogP contribution in [0.15, 0.2) is 60.8 Å². The van der Waals surface area contributed by atoms with Gasteiger partial charge in [0.2, 0.25) is 0 Å². The van der Waals surface area contributed by atoms with E-state index >= 15 is 0 Å². The van der Waals surface area contributed by atoms with Crippen molar-refractivity contribution in [2.24, 2.45) is 0 Å². The molecule has 190 valence electrons. The molecule has 1 aliphatic carbocycles. The van der Waals surface area contributed by atoms with E-state index in [1.807, 2.05) is 28.4 Å². The molecule has 8 heteroatoms. The third-order valence-electron chi connectivity index (χ3n) is 7.27. The summed E-state index contributed by atoms with van der Waals surface area (Å²) in [7, 11) is 3.16. The molecule has 2 aromatic carbocycles. The van der Waals surface area contributed by atoms with Gasteiger partial charge in [0, 0.05) is 22.7 Å². The van der Waals surface area contributed by atoms with E-state index in [1.165, 1.54) is 39.6 Å². The number of methoxy groups -OCH3 is 2. The van der Waals surface area contributed by atoms with E-state index in [2.05, 4.69) is 16.1 Å².